The molecule has 1 unspecified atom stereocenters. The van der Waals surface area contributed by atoms with Crippen LogP contribution < -0.4 is 15.4 Å². The molecule has 5 nitrogen and oxygen atoms in total. The molecule has 0 aliphatic carbocycles. The first-order valence-corrected chi connectivity index (χ1v) is 11.4. The van der Waals surface area contributed by atoms with Crippen molar-refractivity contribution < 1.29 is 4.74 Å². The van der Waals surface area contributed by atoms with Gasteiger partial charge in [0.2, 0.25) is 0 Å². The first-order valence-electron chi connectivity index (χ1n) is 11.0. The van der Waals surface area contributed by atoms with Crippen LogP contribution in [0.1, 0.15) is 64.6 Å². The van der Waals surface area contributed by atoms with Crippen molar-refractivity contribution >= 4 is 17.3 Å². The lowest BCUT2D eigenvalue weighted by Gasteiger charge is -2.47. The highest BCUT2D eigenvalue weighted by Gasteiger charge is 2.38. The van der Waals surface area contributed by atoms with Gasteiger partial charge in [0.25, 0.3) is 0 Å². The normalized spacial score (nSPS) is 18.8. The van der Waals surface area contributed by atoms with Crippen LogP contribution in [-0.4, -0.2) is 39.2 Å². The number of ether oxygens (including phenoxy) is 1. The number of hydrogen-bond donors (Lipinski definition) is 2. The first kappa shape index (κ1) is 23.5. The maximum atomic E-state index is 5.98. The number of nitrogens with zero attached hydrogens (tertiary/aromatic N) is 2. The largest absolute Gasteiger partial charge is 0.497 e. The molecule has 6 heteroatoms. The van der Waals surface area contributed by atoms with E-state index in [-0.39, 0.29) is 17.1 Å². The van der Waals surface area contributed by atoms with E-state index in [0.717, 1.165) is 30.2 Å². The minimum atomic E-state index is 0.0621. The smallest absolute Gasteiger partial charge is 0.169 e. The van der Waals surface area contributed by atoms with Crippen molar-refractivity contribution in [3.63, 3.8) is 0 Å². The van der Waals surface area contributed by atoms with E-state index in [1.807, 2.05) is 36.7 Å². The number of nitrogens with one attached hydrogen (secondary N) is 2. The van der Waals surface area contributed by atoms with Crippen LogP contribution in [0.4, 0.5) is 0 Å². The summed E-state index contributed by atoms with van der Waals surface area (Å²) < 4.78 is 5.33. The molecule has 1 aromatic carbocycles. The van der Waals surface area contributed by atoms with Gasteiger partial charge in [0.1, 0.15) is 5.75 Å². The van der Waals surface area contributed by atoms with E-state index >= 15 is 0 Å². The van der Waals surface area contributed by atoms with E-state index in [1.54, 1.807) is 7.11 Å². The summed E-state index contributed by atoms with van der Waals surface area (Å²) in [4.78, 5) is 6.43. The molecular formula is C25H36N4OS. The summed E-state index contributed by atoms with van der Waals surface area (Å²) in [5.74, 6) is 0.858. The van der Waals surface area contributed by atoms with Gasteiger partial charge in [-0.25, -0.2) is 0 Å². The summed E-state index contributed by atoms with van der Waals surface area (Å²) in [5.41, 5.74) is 2.51. The standard InChI is InChI=1S/C25H36N4OS/c1-18(20-7-9-22(30-6)10-8-20)29(17-19-11-13-26-14-12-19)23(31)27-21-15-24(2,3)28-25(4,5)16-21/h7-14,18,21,28H,15-17H2,1-6H3,(H,27,31). The molecular weight excluding hydrogens is 404 g/mol. The Hall–Kier alpha value is -2.18. The van der Waals surface area contributed by atoms with Crippen molar-refractivity contribution in [1.82, 2.24) is 20.5 Å². The zero-order valence-corrected chi connectivity index (χ0v) is 20.4. The van der Waals surface area contributed by atoms with E-state index in [2.05, 4.69) is 67.3 Å². The highest BCUT2D eigenvalue weighted by Crippen LogP contribution is 2.30. The van der Waals surface area contributed by atoms with Crippen LogP contribution in [0.2, 0.25) is 0 Å². The molecule has 2 N–H and O–H groups in total. The second-order valence-corrected chi connectivity index (χ2v) is 10.3. The molecule has 1 aliphatic heterocycles. The van der Waals surface area contributed by atoms with Crippen LogP contribution in [0.25, 0.3) is 0 Å². The quantitative estimate of drug-likeness (QED) is 0.627. The van der Waals surface area contributed by atoms with Gasteiger partial charge in [-0.2, -0.15) is 0 Å². The summed E-state index contributed by atoms with van der Waals surface area (Å²) >= 11 is 5.98. The Labute approximate surface area is 192 Å². The summed E-state index contributed by atoms with van der Waals surface area (Å²) in [5, 5.41) is 8.24. The SMILES string of the molecule is COc1ccc(C(C)N(Cc2ccncc2)C(=S)NC2CC(C)(C)NC(C)(C)C2)cc1. The van der Waals surface area contributed by atoms with Gasteiger partial charge < -0.3 is 20.3 Å². The topological polar surface area (TPSA) is 49.4 Å². The van der Waals surface area contributed by atoms with Gasteiger partial charge in [-0.05, 0) is 95.1 Å². The number of rotatable bonds is 6. The molecule has 1 fully saturated rings. The third-order valence-electron chi connectivity index (χ3n) is 5.95. The van der Waals surface area contributed by atoms with Gasteiger partial charge in [-0.3, -0.25) is 4.98 Å². The molecule has 1 aromatic heterocycles. The number of benzene rings is 1. The highest BCUT2D eigenvalue weighted by molar-refractivity contribution is 7.80. The van der Waals surface area contributed by atoms with Gasteiger partial charge in [0.15, 0.2) is 5.11 Å². The molecule has 1 aliphatic rings. The van der Waals surface area contributed by atoms with Gasteiger partial charge in [-0.1, -0.05) is 12.1 Å². The molecule has 1 saturated heterocycles. The predicted molar refractivity (Wildman–Crippen MR) is 131 cm³/mol. The van der Waals surface area contributed by atoms with Crippen molar-refractivity contribution in [2.75, 3.05) is 7.11 Å². The molecule has 168 valence electrons. The van der Waals surface area contributed by atoms with Gasteiger partial charge >= 0.3 is 0 Å². The highest BCUT2D eigenvalue weighted by atomic mass is 32.1. The Kier molecular flexibility index (Phi) is 7.22. The van der Waals surface area contributed by atoms with Crippen LogP contribution in [0.5, 0.6) is 5.75 Å². The van der Waals surface area contributed by atoms with Gasteiger partial charge in [0.05, 0.1) is 13.2 Å². The average molecular weight is 441 g/mol. The molecule has 31 heavy (non-hydrogen) atoms. The second-order valence-electron chi connectivity index (χ2n) is 9.88. The number of piperidine rings is 1. The Bertz CT molecular complexity index is 851. The molecule has 0 radical (unpaired) electrons. The third-order valence-corrected chi connectivity index (χ3v) is 6.30. The molecule has 0 bridgehead atoms. The maximum absolute atomic E-state index is 5.98. The van der Waals surface area contributed by atoms with E-state index in [9.17, 15) is 0 Å². The monoisotopic (exact) mass is 440 g/mol. The minimum Gasteiger partial charge on any atom is -0.497 e. The Morgan fingerprint density at radius 3 is 2.26 bits per heavy atom. The van der Waals surface area contributed by atoms with Crippen LogP contribution in [0.15, 0.2) is 48.8 Å². The van der Waals surface area contributed by atoms with E-state index in [1.165, 1.54) is 11.1 Å². The number of methoxy groups -OCH3 is 1. The molecule has 0 spiro atoms. The lowest BCUT2D eigenvalue weighted by atomic mass is 9.80. The Balaban J connectivity index is 1.81. The number of hydrogen-bond acceptors (Lipinski definition) is 4. The fourth-order valence-electron chi connectivity index (χ4n) is 4.81. The van der Waals surface area contributed by atoms with Crippen molar-refractivity contribution in [1.29, 1.82) is 0 Å². The van der Waals surface area contributed by atoms with E-state index < -0.39 is 0 Å². The van der Waals surface area contributed by atoms with Crippen molar-refractivity contribution in [2.24, 2.45) is 0 Å². The lowest BCUT2D eigenvalue weighted by Crippen LogP contribution is -2.62. The molecule has 1 atom stereocenters. The number of thiocarbonyl (C=S) groups is 1. The number of aromatic nitrogens is 1. The second kappa shape index (κ2) is 9.53. The molecule has 0 saturated carbocycles. The van der Waals surface area contributed by atoms with Crippen molar-refractivity contribution in [3.8, 4) is 5.75 Å². The van der Waals surface area contributed by atoms with Crippen LogP contribution in [0.3, 0.4) is 0 Å². The lowest BCUT2D eigenvalue weighted by molar-refractivity contribution is 0.152. The van der Waals surface area contributed by atoms with Crippen LogP contribution in [0, 0.1) is 0 Å². The van der Waals surface area contributed by atoms with Crippen LogP contribution in [-0.2, 0) is 6.54 Å². The van der Waals surface area contributed by atoms with Crippen LogP contribution >= 0.6 is 12.2 Å². The average Bonchev–Trinajstić information content (AvgIpc) is 2.70. The predicted octanol–water partition coefficient (Wildman–Crippen LogP) is 4.84. The fraction of sp³-hybridized carbons (Fsp3) is 0.520. The number of pyridine rings is 1. The molecule has 3 rings (SSSR count). The fourth-order valence-corrected chi connectivity index (χ4v) is 5.20. The molecule has 0 amide bonds. The summed E-state index contributed by atoms with van der Waals surface area (Å²) in [6, 6.07) is 12.8. The Morgan fingerprint density at radius 1 is 1.13 bits per heavy atom. The van der Waals surface area contributed by atoms with Crippen molar-refractivity contribution in [3.05, 3.63) is 59.9 Å². The van der Waals surface area contributed by atoms with Gasteiger partial charge in [0, 0.05) is 36.1 Å². The molecule has 2 heterocycles. The maximum Gasteiger partial charge on any atom is 0.169 e. The van der Waals surface area contributed by atoms with Gasteiger partial charge in [-0.15, -0.1) is 0 Å². The van der Waals surface area contributed by atoms with E-state index in [4.69, 9.17) is 17.0 Å². The molecule has 2 aromatic rings. The Morgan fingerprint density at radius 2 is 1.71 bits per heavy atom. The summed E-state index contributed by atoms with van der Waals surface area (Å²) in [6.07, 6.45) is 5.72. The van der Waals surface area contributed by atoms with E-state index in [0.29, 0.717) is 6.04 Å². The minimum absolute atomic E-state index is 0.0621. The zero-order chi connectivity index (χ0) is 22.6. The zero-order valence-electron chi connectivity index (χ0n) is 19.6. The summed E-state index contributed by atoms with van der Waals surface area (Å²) in [6.45, 7) is 12.0. The summed E-state index contributed by atoms with van der Waals surface area (Å²) in [7, 11) is 1.69. The first-order chi connectivity index (χ1) is 14.6. The van der Waals surface area contributed by atoms with Crippen molar-refractivity contribution in [2.45, 2.75) is 77.2 Å². The third kappa shape index (κ3) is 6.40.